The maximum absolute atomic E-state index is 12.2. The summed E-state index contributed by atoms with van der Waals surface area (Å²) in [6, 6.07) is -0.568. The molecule has 5 heteroatoms. The van der Waals surface area contributed by atoms with Crippen LogP contribution in [0.15, 0.2) is 0 Å². The van der Waals surface area contributed by atoms with Crippen LogP contribution >= 0.6 is 0 Å². The summed E-state index contributed by atoms with van der Waals surface area (Å²) in [5.74, 6) is 1.62. The van der Waals surface area contributed by atoms with Crippen molar-refractivity contribution in [1.82, 2.24) is 10.2 Å². The number of carbonyl (C=O) groups excluding carboxylic acids is 1. The standard InChI is InChI=1S/C16H26N2O3/c1-4-16(5-2,6-3)17-14(19)12-18-11-9-7-8-10-13(18)15(20)21/h1,13H,5-12H2,2-3H3,(H,17,19)(H,20,21). The van der Waals surface area contributed by atoms with Crippen LogP contribution in [0.2, 0.25) is 0 Å². The summed E-state index contributed by atoms with van der Waals surface area (Å²) >= 11 is 0. The van der Waals surface area contributed by atoms with Crippen LogP contribution in [0.5, 0.6) is 0 Å². The molecular formula is C16H26N2O3. The van der Waals surface area contributed by atoms with Crippen molar-refractivity contribution < 1.29 is 14.7 Å². The van der Waals surface area contributed by atoms with Crippen molar-refractivity contribution in [2.75, 3.05) is 13.1 Å². The van der Waals surface area contributed by atoms with E-state index in [1.54, 1.807) is 4.90 Å². The highest BCUT2D eigenvalue weighted by Crippen LogP contribution is 2.18. The van der Waals surface area contributed by atoms with E-state index in [1.807, 2.05) is 13.8 Å². The molecule has 1 heterocycles. The quantitative estimate of drug-likeness (QED) is 0.730. The molecule has 0 saturated carbocycles. The zero-order valence-corrected chi connectivity index (χ0v) is 13.0. The molecule has 2 N–H and O–H groups in total. The fourth-order valence-corrected chi connectivity index (χ4v) is 2.79. The predicted octanol–water partition coefficient (Wildman–Crippen LogP) is 1.62. The van der Waals surface area contributed by atoms with Gasteiger partial charge in [-0.3, -0.25) is 14.5 Å². The number of nitrogens with one attached hydrogen (secondary N) is 1. The van der Waals surface area contributed by atoms with Gasteiger partial charge < -0.3 is 10.4 Å². The lowest BCUT2D eigenvalue weighted by Gasteiger charge is -2.30. The highest BCUT2D eigenvalue weighted by atomic mass is 16.4. The SMILES string of the molecule is C#CC(CC)(CC)NC(=O)CN1CCCCCC1C(=O)O. The number of carbonyl (C=O) groups is 2. The summed E-state index contributed by atoms with van der Waals surface area (Å²) in [6.07, 6.45) is 10.3. The van der Waals surface area contributed by atoms with Crippen molar-refractivity contribution in [2.45, 2.75) is 64.0 Å². The van der Waals surface area contributed by atoms with Crippen molar-refractivity contribution in [2.24, 2.45) is 0 Å². The van der Waals surface area contributed by atoms with Crippen LogP contribution in [0.3, 0.4) is 0 Å². The van der Waals surface area contributed by atoms with Crippen LogP contribution in [-0.4, -0.2) is 46.6 Å². The Hall–Kier alpha value is -1.54. The lowest BCUT2D eigenvalue weighted by molar-refractivity contribution is -0.144. The number of terminal acetylenes is 1. The summed E-state index contributed by atoms with van der Waals surface area (Å²) in [5.41, 5.74) is -0.623. The molecule has 0 aliphatic carbocycles. The van der Waals surface area contributed by atoms with Crippen molar-refractivity contribution in [3.63, 3.8) is 0 Å². The molecule has 1 fully saturated rings. The van der Waals surface area contributed by atoms with Gasteiger partial charge in [0, 0.05) is 0 Å². The number of likely N-dealkylation sites (tertiary alicyclic amines) is 1. The molecule has 1 amide bonds. The number of amides is 1. The molecule has 5 nitrogen and oxygen atoms in total. The minimum absolute atomic E-state index is 0.0976. The zero-order chi connectivity index (χ0) is 15.9. The molecule has 0 aromatic heterocycles. The number of rotatable bonds is 6. The third-order valence-electron chi connectivity index (χ3n) is 4.36. The van der Waals surface area contributed by atoms with E-state index < -0.39 is 17.6 Å². The Morgan fingerprint density at radius 1 is 1.33 bits per heavy atom. The van der Waals surface area contributed by atoms with Crippen LogP contribution in [0.4, 0.5) is 0 Å². The van der Waals surface area contributed by atoms with Gasteiger partial charge in [-0.15, -0.1) is 6.42 Å². The monoisotopic (exact) mass is 294 g/mol. The summed E-state index contributed by atoms with van der Waals surface area (Å²) in [6.45, 7) is 4.62. The average molecular weight is 294 g/mol. The van der Waals surface area contributed by atoms with E-state index in [0.29, 0.717) is 25.8 Å². The fraction of sp³-hybridized carbons (Fsp3) is 0.750. The van der Waals surface area contributed by atoms with Gasteiger partial charge in [0.1, 0.15) is 11.6 Å². The Morgan fingerprint density at radius 2 is 2.00 bits per heavy atom. The molecule has 0 spiro atoms. The second kappa shape index (κ2) is 8.04. The van der Waals surface area contributed by atoms with E-state index in [1.165, 1.54) is 0 Å². The van der Waals surface area contributed by atoms with E-state index in [2.05, 4.69) is 11.2 Å². The first-order valence-corrected chi connectivity index (χ1v) is 7.73. The maximum Gasteiger partial charge on any atom is 0.320 e. The first-order valence-electron chi connectivity index (χ1n) is 7.73. The van der Waals surface area contributed by atoms with Gasteiger partial charge in [-0.05, 0) is 32.2 Å². The zero-order valence-electron chi connectivity index (χ0n) is 13.0. The van der Waals surface area contributed by atoms with Gasteiger partial charge in [-0.2, -0.15) is 0 Å². The maximum atomic E-state index is 12.2. The predicted molar refractivity (Wildman–Crippen MR) is 81.8 cm³/mol. The normalized spacial score (nSPS) is 20.3. The van der Waals surface area contributed by atoms with Crippen molar-refractivity contribution >= 4 is 11.9 Å². The Bertz CT molecular complexity index is 410. The van der Waals surface area contributed by atoms with E-state index in [0.717, 1.165) is 19.3 Å². The molecule has 21 heavy (non-hydrogen) atoms. The lowest BCUT2D eigenvalue weighted by Crippen LogP contribution is -2.52. The summed E-state index contributed by atoms with van der Waals surface area (Å²) in [4.78, 5) is 25.4. The molecule has 0 bridgehead atoms. The van der Waals surface area contributed by atoms with Gasteiger partial charge in [0.25, 0.3) is 0 Å². The summed E-state index contributed by atoms with van der Waals surface area (Å²) in [7, 11) is 0. The highest BCUT2D eigenvalue weighted by Gasteiger charge is 2.31. The van der Waals surface area contributed by atoms with Gasteiger partial charge >= 0.3 is 5.97 Å². The van der Waals surface area contributed by atoms with Gasteiger partial charge in [-0.25, -0.2) is 0 Å². The smallest absolute Gasteiger partial charge is 0.320 e. The van der Waals surface area contributed by atoms with Crippen LogP contribution in [0, 0.1) is 12.3 Å². The van der Waals surface area contributed by atoms with Crippen molar-refractivity contribution in [1.29, 1.82) is 0 Å². The summed E-state index contributed by atoms with van der Waals surface area (Å²) in [5, 5.41) is 12.2. The minimum Gasteiger partial charge on any atom is -0.480 e. The molecular weight excluding hydrogens is 268 g/mol. The average Bonchev–Trinajstić information content (AvgIpc) is 2.70. The molecule has 0 aromatic rings. The molecule has 0 radical (unpaired) electrons. The first-order chi connectivity index (χ1) is 9.98. The summed E-state index contributed by atoms with van der Waals surface area (Å²) < 4.78 is 0. The number of nitrogens with zero attached hydrogens (tertiary/aromatic N) is 1. The second-order valence-corrected chi connectivity index (χ2v) is 5.66. The molecule has 1 aliphatic heterocycles. The number of carboxylic acid groups (broad SMARTS) is 1. The second-order valence-electron chi connectivity index (χ2n) is 5.66. The number of aliphatic carboxylic acids is 1. The van der Waals surface area contributed by atoms with Crippen molar-refractivity contribution in [3.05, 3.63) is 0 Å². The topological polar surface area (TPSA) is 69.6 Å². The largest absolute Gasteiger partial charge is 0.480 e. The third kappa shape index (κ3) is 4.75. The molecule has 1 aliphatic rings. The number of hydrogen-bond donors (Lipinski definition) is 2. The van der Waals surface area contributed by atoms with Crippen LogP contribution in [0.1, 0.15) is 52.4 Å². The van der Waals surface area contributed by atoms with Gasteiger partial charge in [0.2, 0.25) is 5.91 Å². The Kier molecular flexibility index (Phi) is 6.70. The molecule has 1 rings (SSSR count). The third-order valence-corrected chi connectivity index (χ3v) is 4.36. The molecule has 1 atom stereocenters. The number of carboxylic acids is 1. The lowest BCUT2D eigenvalue weighted by atomic mass is 9.94. The van der Waals surface area contributed by atoms with E-state index >= 15 is 0 Å². The Morgan fingerprint density at radius 3 is 2.52 bits per heavy atom. The van der Waals surface area contributed by atoms with Gasteiger partial charge in [0.15, 0.2) is 0 Å². The minimum atomic E-state index is -0.848. The van der Waals surface area contributed by atoms with Gasteiger partial charge in [-0.1, -0.05) is 32.6 Å². The van der Waals surface area contributed by atoms with Crippen molar-refractivity contribution in [3.8, 4) is 12.3 Å². The highest BCUT2D eigenvalue weighted by molar-refractivity contribution is 5.81. The molecule has 1 unspecified atom stereocenters. The van der Waals surface area contributed by atoms with E-state index in [-0.39, 0.29) is 12.5 Å². The Balaban J connectivity index is 2.71. The van der Waals surface area contributed by atoms with E-state index in [9.17, 15) is 14.7 Å². The molecule has 0 aromatic carbocycles. The fourth-order valence-electron chi connectivity index (χ4n) is 2.79. The van der Waals surface area contributed by atoms with E-state index in [4.69, 9.17) is 6.42 Å². The van der Waals surface area contributed by atoms with Crippen LogP contribution in [-0.2, 0) is 9.59 Å². The van der Waals surface area contributed by atoms with Gasteiger partial charge in [0.05, 0.1) is 6.54 Å². The van der Waals surface area contributed by atoms with Crippen LogP contribution < -0.4 is 5.32 Å². The van der Waals surface area contributed by atoms with Crippen LogP contribution in [0.25, 0.3) is 0 Å². The molecule has 1 saturated heterocycles. The Labute approximate surface area is 127 Å². The number of hydrogen-bond acceptors (Lipinski definition) is 3. The molecule has 118 valence electrons. The first kappa shape index (κ1) is 17.5.